The summed E-state index contributed by atoms with van der Waals surface area (Å²) < 4.78 is 0. The van der Waals surface area contributed by atoms with Gasteiger partial charge in [-0.05, 0) is 56.9 Å². The molecule has 0 aromatic rings. The summed E-state index contributed by atoms with van der Waals surface area (Å²) in [6.45, 7) is 15.3. The SMILES string of the molecule is CC1CCCC(CNC(C)(C)CC(C)(C)C)C1. The molecule has 0 saturated heterocycles. The molecule has 2 atom stereocenters. The number of nitrogens with one attached hydrogen (secondary N) is 1. The van der Waals surface area contributed by atoms with Crippen molar-refractivity contribution in [2.24, 2.45) is 17.3 Å². The summed E-state index contributed by atoms with van der Waals surface area (Å²) >= 11 is 0. The van der Waals surface area contributed by atoms with E-state index >= 15 is 0 Å². The molecule has 0 aromatic heterocycles. The third-order valence-corrected chi connectivity index (χ3v) is 3.89. The molecule has 17 heavy (non-hydrogen) atoms. The molecule has 0 bridgehead atoms. The van der Waals surface area contributed by atoms with Crippen LogP contribution < -0.4 is 5.32 Å². The van der Waals surface area contributed by atoms with E-state index in [2.05, 4.69) is 46.9 Å². The van der Waals surface area contributed by atoms with Crippen LogP contribution in [0.1, 0.15) is 73.6 Å². The van der Waals surface area contributed by atoms with Gasteiger partial charge in [0.05, 0.1) is 0 Å². The molecule has 0 aliphatic heterocycles. The third-order valence-electron chi connectivity index (χ3n) is 3.89. The highest BCUT2D eigenvalue weighted by molar-refractivity contribution is 4.85. The van der Waals surface area contributed by atoms with Gasteiger partial charge in [-0.2, -0.15) is 0 Å². The van der Waals surface area contributed by atoms with Gasteiger partial charge in [0.1, 0.15) is 0 Å². The summed E-state index contributed by atoms with van der Waals surface area (Å²) in [5, 5.41) is 3.81. The molecule has 1 aliphatic carbocycles. The van der Waals surface area contributed by atoms with Gasteiger partial charge < -0.3 is 5.32 Å². The zero-order valence-corrected chi connectivity index (χ0v) is 12.9. The summed E-state index contributed by atoms with van der Waals surface area (Å²) in [5.74, 6) is 1.86. The fraction of sp³-hybridized carbons (Fsp3) is 1.00. The molecule has 1 nitrogen and oxygen atoms in total. The van der Waals surface area contributed by atoms with Crippen LogP contribution in [-0.4, -0.2) is 12.1 Å². The van der Waals surface area contributed by atoms with E-state index in [4.69, 9.17) is 0 Å². The molecule has 0 amide bonds. The molecule has 0 radical (unpaired) electrons. The van der Waals surface area contributed by atoms with Crippen molar-refractivity contribution in [3.8, 4) is 0 Å². The highest BCUT2D eigenvalue weighted by Crippen LogP contribution is 2.30. The smallest absolute Gasteiger partial charge is 0.0130 e. The average Bonchev–Trinajstić information content (AvgIpc) is 2.11. The number of rotatable bonds is 4. The topological polar surface area (TPSA) is 12.0 Å². The minimum Gasteiger partial charge on any atom is -0.311 e. The van der Waals surface area contributed by atoms with Crippen LogP contribution in [0.2, 0.25) is 0 Å². The van der Waals surface area contributed by atoms with Gasteiger partial charge in [0.15, 0.2) is 0 Å². The lowest BCUT2D eigenvalue weighted by Gasteiger charge is -2.36. The summed E-state index contributed by atoms with van der Waals surface area (Å²) in [5.41, 5.74) is 0.690. The minimum absolute atomic E-state index is 0.277. The zero-order valence-electron chi connectivity index (χ0n) is 12.9. The Bertz CT molecular complexity index is 224. The molecule has 1 rings (SSSR count). The fourth-order valence-corrected chi connectivity index (χ4v) is 3.55. The lowest BCUT2D eigenvalue weighted by Crippen LogP contribution is -2.45. The lowest BCUT2D eigenvalue weighted by molar-refractivity contribution is 0.208. The summed E-state index contributed by atoms with van der Waals surface area (Å²) in [7, 11) is 0. The zero-order chi connectivity index (χ0) is 13.1. The van der Waals surface area contributed by atoms with Crippen LogP contribution in [0.15, 0.2) is 0 Å². The van der Waals surface area contributed by atoms with Crippen molar-refractivity contribution in [2.75, 3.05) is 6.54 Å². The molecule has 1 fully saturated rings. The molecule has 1 saturated carbocycles. The van der Waals surface area contributed by atoms with Crippen LogP contribution in [-0.2, 0) is 0 Å². The summed E-state index contributed by atoms with van der Waals surface area (Å²) in [6, 6.07) is 0. The van der Waals surface area contributed by atoms with Crippen LogP contribution in [0.3, 0.4) is 0 Å². The van der Waals surface area contributed by atoms with Crippen molar-refractivity contribution in [3.63, 3.8) is 0 Å². The lowest BCUT2D eigenvalue weighted by atomic mass is 9.80. The molecule has 0 spiro atoms. The van der Waals surface area contributed by atoms with E-state index in [1.807, 2.05) is 0 Å². The normalized spacial score (nSPS) is 27.2. The van der Waals surface area contributed by atoms with Gasteiger partial charge in [-0.15, -0.1) is 0 Å². The van der Waals surface area contributed by atoms with Crippen LogP contribution in [0.5, 0.6) is 0 Å². The maximum atomic E-state index is 3.81. The predicted molar refractivity (Wildman–Crippen MR) is 77.3 cm³/mol. The second kappa shape index (κ2) is 5.73. The van der Waals surface area contributed by atoms with E-state index in [0.29, 0.717) is 5.41 Å². The summed E-state index contributed by atoms with van der Waals surface area (Å²) in [4.78, 5) is 0. The van der Waals surface area contributed by atoms with Crippen molar-refractivity contribution in [1.82, 2.24) is 5.32 Å². The first kappa shape index (κ1) is 15.0. The minimum atomic E-state index is 0.277. The number of hydrogen-bond acceptors (Lipinski definition) is 1. The molecule has 0 heterocycles. The fourth-order valence-electron chi connectivity index (χ4n) is 3.55. The second-order valence-electron chi connectivity index (χ2n) is 8.14. The largest absolute Gasteiger partial charge is 0.311 e. The molecule has 0 aromatic carbocycles. The Hall–Kier alpha value is -0.0400. The van der Waals surface area contributed by atoms with E-state index < -0.39 is 0 Å². The molecule has 1 N–H and O–H groups in total. The van der Waals surface area contributed by atoms with Gasteiger partial charge in [-0.25, -0.2) is 0 Å². The first-order valence-corrected chi connectivity index (χ1v) is 7.43. The second-order valence-corrected chi connectivity index (χ2v) is 8.14. The average molecular weight is 239 g/mol. The first-order chi connectivity index (χ1) is 7.68. The molecular weight excluding hydrogens is 206 g/mol. The Labute approximate surface area is 109 Å². The van der Waals surface area contributed by atoms with Crippen molar-refractivity contribution in [2.45, 2.75) is 79.2 Å². The van der Waals surface area contributed by atoms with E-state index in [1.165, 1.54) is 38.6 Å². The van der Waals surface area contributed by atoms with Gasteiger partial charge >= 0.3 is 0 Å². The van der Waals surface area contributed by atoms with E-state index in [1.54, 1.807) is 0 Å². The van der Waals surface area contributed by atoms with E-state index in [-0.39, 0.29) is 5.54 Å². The van der Waals surface area contributed by atoms with Crippen LogP contribution >= 0.6 is 0 Å². The molecular formula is C16H33N. The Morgan fingerprint density at radius 3 is 2.24 bits per heavy atom. The van der Waals surface area contributed by atoms with Crippen LogP contribution in [0.25, 0.3) is 0 Å². The van der Waals surface area contributed by atoms with Gasteiger partial charge in [0.2, 0.25) is 0 Å². The van der Waals surface area contributed by atoms with E-state index in [9.17, 15) is 0 Å². The van der Waals surface area contributed by atoms with Crippen LogP contribution in [0.4, 0.5) is 0 Å². The quantitative estimate of drug-likeness (QED) is 0.755. The van der Waals surface area contributed by atoms with Gasteiger partial charge in [-0.3, -0.25) is 0 Å². The van der Waals surface area contributed by atoms with Gasteiger partial charge in [0.25, 0.3) is 0 Å². The highest BCUT2D eigenvalue weighted by Gasteiger charge is 2.26. The predicted octanol–water partition coefficient (Wildman–Crippen LogP) is 4.62. The third kappa shape index (κ3) is 6.45. The van der Waals surface area contributed by atoms with Crippen molar-refractivity contribution in [1.29, 1.82) is 0 Å². The maximum Gasteiger partial charge on any atom is 0.0130 e. The standard InChI is InChI=1S/C16H33N/c1-13-8-7-9-14(10-13)11-17-16(5,6)12-15(2,3)4/h13-14,17H,7-12H2,1-6H3. The molecule has 1 aliphatic rings. The molecule has 102 valence electrons. The Kier molecular flexibility index (Phi) is 5.07. The van der Waals surface area contributed by atoms with Gasteiger partial charge in [0, 0.05) is 5.54 Å². The van der Waals surface area contributed by atoms with Crippen LogP contribution in [0, 0.1) is 17.3 Å². The van der Waals surface area contributed by atoms with E-state index in [0.717, 1.165) is 11.8 Å². The van der Waals surface area contributed by atoms with Crippen molar-refractivity contribution in [3.05, 3.63) is 0 Å². The molecule has 2 unspecified atom stereocenters. The highest BCUT2D eigenvalue weighted by atomic mass is 15.0. The maximum absolute atomic E-state index is 3.81. The Morgan fingerprint density at radius 2 is 1.71 bits per heavy atom. The Balaban J connectivity index is 2.33. The first-order valence-electron chi connectivity index (χ1n) is 7.43. The number of hydrogen-bond donors (Lipinski definition) is 1. The monoisotopic (exact) mass is 239 g/mol. The summed E-state index contributed by atoms with van der Waals surface area (Å²) in [6.07, 6.45) is 6.99. The Morgan fingerprint density at radius 1 is 1.06 bits per heavy atom. The van der Waals surface area contributed by atoms with Gasteiger partial charge in [-0.1, -0.05) is 40.5 Å². The van der Waals surface area contributed by atoms with Crippen molar-refractivity contribution < 1.29 is 0 Å². The molecule has 1 heteroatoms. The van der Waals surface area contributed by atoms with Crippen molar-refractivity contribution >= 4 is 0 Å².